The molecule has 134 valence electrons. The highest BCUT2D eigenvalue weighted by molar-refractivity contribution is 7.98. The van der Waals surface area contributed by atoms with E-state index in [1.165, 1.54) is 30.2 Å². The van der Waals surface area contributed by atoms with Gasteiger partial charge in [0.25, 0.3) is 0 Å². The highest BCUT2D eigenvalue weighted by Gasteiger charge is 2.20. The zero-order chi connectivity index (χ0) is 18.1. The Bertz CT molecular complexity index is 966. The van der Waals surface area contributed by atoms with Crippen molar-refractivity contribution in [2.75, 3.05) is 11.1 Å². The van der Waals surface area contributed by atoms with Gasteiger partial charge in [-0.15, -0.1) is 23.1 Å². The number of hydrogen-bond acceptors (Lipinski definition) is 6. The summed E-state index contributed by atoms with van der Waals surface area (Å²) in [7, 11) is 0. The number of aromatic nitrogens is 2. The van der Waals surface area contributed by atoms with Gasteiger partial charge < -0.3 is 11.1 Å². The van der Waals surface area contributed by atoms with Crippen LogP contribution in [-0.4, -0.2) is 15.9 Å². The minimum atomic E-state index is -0.0683. The minimum absolute atomic E-state index is 0.0683. The maximum absolute atomic E-state index is 11.1. The Balaban J connectivity index is 1.51. The van der Waals surface area contributed by atoms with E-state index in [4.69, 9.17) is 10.7 Å². The second-order valence-electron chi connectivity index (χ2n) is 6.41. The fraction of sp³-hybridized carbons (Fsp3) is 0.316. The molecule has 2 aromatic heterocycles. The van der Waals surface area contributed by atoms with Crippen molar-refractivity contribution >= 4 is 50.7 Å². The van der Waals surface area contributed by atoms with Crippen molar-refractivity contribution in [3.63, 3.8) is 0 Å². The molecule has 0 radical (unpaired) electrons. The van der Waals surface area contributed by atoms with Gasteiger partial charge in [-0.3, -0.25) is 4.79 Å². The molecule has 2 heterocycles. The number of nitrogen functional groups attached to an aromatic ring is 1. The van der Waals surface area contributed by atoms with Gasteiger partial charge in [-0.05, 0) is 55.5 Å². The van der Waals surface area contributed by atoms with Gasteiger partial charge in [0.1, 0.15) is 16.5 Å². The molecule has 1 aromatic carbocycles. The zero-order valence-corrected chi connectivity index (χ0v) is 16.2. The lowest BCUT2D eigenvalue weighted by molar-refractivity contribution is -0.114. The van der Waals surface area contributed by atoms with Crippen molar-refractivity contribution in [2.24, 2.45) is 0 Å². The molecule has 7 heteroatoms. The molecule has 0 saturated carbocycles. The fourth-order valence-corrected chi connectivity index (χ4v) is 5.32. The van der Waals surface area contributed by atoms with E-state index in [1.807, 2.05) is 24.3 Å². The van der Waals surface area contributed by atoms with Crippen LogP contribution in [0.25, 0.3) is 10.2 Å². The first kappa shape index (κ1) is 17.3. The number of carbonyl (C=O) groups is 1. The fourth-order valence-electron chi connectivity index (χ4n) is 3.28. The van der Waals surface area contributed by atoms with Crippen LogP contribution in [0.2, 0.25) is 0 Å². The van der Waals surface area contributed by atoms with E-state index >= 15 is 0 Å². The van der Waals surface area contributed by atoms with Gasteiger partial charge in [-0.25, -0.2) is 9.97 Å². The van der Waals surface area contributed by atoms with Gasteiger partial charge in [-0.1, -0.05) is 0 Å². The quantitative estimate of drug-likeness (QED) is 0.652. The number of thioether (sulfide) groups is 1. The van der Waals surface area contributed by atoms with Gasteiger partial charge in [-0.2, -0.15) is 0 Å². The van der Waals surface area contributed by atoms with Crippen molar-refractivity contribution < 1.29 is 4.79 Å². The van der Waals surface area contributed by atoms with E-state index in [2.05, 4.69) is 10.3 Å². The summed E-state index contributed by atoms with van der Waals surface area (Å²) in [5.74, 6) is 1.99. The van der Waals surface area contributed by atoms with E-state index in [0.29, 0.717) is 11.6 Å². The standard InChI is InChI=1S/C19H20N4OS2/c1-11(24)21-12-6-8-13(9-7-12)25-10-16-22-18(20)17-14-4-2-3-5-15(14)26-19(17)23-16/h6-9H,2-5,10H2,1H3,(H,21,24)(H2,20,22,23). The number of benzene rings is 1. The predicted octanol–water partition coefficient (Wildman–Crippen LogP) is 4.40. The normalized spacial score (nSPS) is 13.6. The Labute approximate surface area is 160 Å². The third kappa shape index (κ3) is 3.54. The molecular formula is C19H20N4OS2. The summed E-state index contributed by atoms with van der Waals surface area (Å²) in [6, 6.07) is 7.77. The summed E-state index contributed by atoms with van der Waals surface area (Å²) in [6.45, 7) is 1.50. The monoisotopic (exact) mass is 384 g/mol. The topological polar surface area (TPSA) is 80.9 Å². The molecule has 0 spiro atoms. The Kier molecular flexibility index (Phi) is 4.82. The molecule has 0 atom stereocenters. The van der Waals surface area contributed by atoms with Crippen LogP contribution in [0.4, 0.5) is 11.5 Å². The number of fused-ring (bicyclic) bond motifs is 3. The molecule has 0 saturated heterocycles. The summed E-state index contributed by atoms with van der Waals surface area (Å²) < 4.78 is 0. The van der Waals surface area contributed by atoms with Crippen molar-refractivity contribution in [1.29, 1.82) is 0 Å². The molecule has 3 aromatic rings. The number of nitrogens with zero attached hydrogens (tertiary/aromatic N) is 2. The average Bonchev–Trinajstić information content (AvgIpc) is 2.99. The highest BCUT2D eigenvalue weighted by Crippen LogP contribution is 2.38. The lowest BCUT2D eigenvalue weighted by atomic mass is 9.97. The number of rotatable bonds is 4. The smallest absolute Gasteiger partial charge is 0.221 e. The van der Waals surface area contributed by atoms with Gasteiger partial charge in [0.05, 0.1) is 11.1 Å². The van der Waals surface area contributed by atoms with Gasteiger partial charge in [0, 0.05) is 22.4 Å². The Hall–Kier alpha value is -2.12. The number of hydrogen-bond donors (Lipinski definition) is 2. The van der Waals surface area contributed by atoms with E-state index < -0.39 is 0 Å². The van der Waals surface area contributed by atoms with Gasteiger partial charge >= 0.3 is 0 Å². The molecule has 1 aliphatic rings. The second kappa shape index (κ2) is 7.25. The number of aryl methyl sites for hydroxylation is 2. The molecule has 0 bridgehead atoms. The SMILES string of the molecule is CC(=O)Nc1ccc(SCc2nc(N)c3c4c(sc3n2)CCCC4)cc1. The molecule has 5 nitrogen and oxygen atoms in total. The average molecular weight is 385 g/mol. The molecular weight excluding hydrogens is 364 g/mol. The second-order valence-corrected chi connectivity index (χ2v) is 8.54. The summed E-state index contributed by atoms with van der Waals surface area (Å²) in [5, 5.41) is 3.85. The molecule has 1 amide bonds. The van der Waals surface area contributed by atoms with Crippen LogP contribution >= 0.6 is 23.1 Å². The highest BCUT2D eigenvalue weighted by atomic mass is 32.2. The van der Waals surface area contributed by atoms with Gasteiger partial charge in [0.15, 0.2) is 0 Å². The number of nitrogens with one attached hydrogen (secondary N) is 1. The Morgan fingerprint density at radius 1 is 1.23 bits per heavy atom. The van der Waals surface area contributed by atoms with Crippen molar-refractivity contribution in [3.8, 4) is 0 Å². The van der Waals surface area contributed by atoms with Crippen molar-refractivity contribution in [2.45, 2.75) is 43.3 Å². The van der Waals surface area contributed by atoms with Crippen LogP contribution < -0.4 is 11.1 Å². The van der Waals surface area contributed by atoms with Crippen LogP contribution in [0.15, 0.2) is 29.2 Å². The zero-order valence-electron chi connectivity index (χ0n) is 14.5. The van der Waals surface area contributed by atoms with Crippen LogP contribution in [-0.2, 0) is 23.4 Å². The first-order chi connectivity index (χ1) is 12.6. The summed E-state index contributed by atoms with van der Waals surface area (Å²) in [5.41, 5.74) is 8.44. The Morgan fingerprint density at radius 3 is 2.77 bits per heavy atom. The maximum atomic E-state index is 11.1. The first-order valence-corrected chi connectivity index (χ1v) is 10.5. The summed E-state index contributed by atoms with van der Waals surface area (Å²) in [4.78, 5) is 24.0. The molecule has 4 rings (SSSR count). The lowest BCUT2D eigenvalue weighted by Crippen LogP contribution is -2.05. The lowest BCUT2D eigenvalue weighted by Gasteiger charge is -2.10. The van der Waals surface area contributed by atoms with Crippen LogP contribution in [0.1, 0.15) is 36.0 Å². The number of carbonyl (C=O) groups excluding carboxylic acids is 1. The number of nitrogens with two attached hydrogens (primary N) is 1. The summed E-state index contributed by atoms with van der Waals surface area (Å²) in [6.07, 6.45) is 4.72. The number of thiophene rings is 1. The maximum Gasteiger partial charge on any atom is 0.221 e. The third-order valence-corrected chi connectivity index (χ3v) is 6.63. The predicted molar refractivity (Wildman–Crippen MR) is 109 cm³/mol. The van der Waals surface area contributed by atoms with E-state index in [1.54, 1.807) is 23.1 Å². The first-order valence-electron chi connectivity index (χ1n) is 8.67. The molecule has 0 unspecified atom stereocenters. The Morgan fingerprint density at radius 2 is 2.00 bits per heavy atom. The minimum Gasteiger partial charge on any atom is -0.383 e. The van der Waals surface area contributed by atoms with Crippen molar-refractivity contribution in [1.82, 2.24) is 9.97 Å². The molecule has 0 fully saturated rings. The molecule has 0 aliphatic heterocycles. The largest absolute Gasteiger partial charge is 0.383 e. The van der Waals surface area contributed by atoms with E-state index in [-0.39, 0.29) is 5.91 Å². The van der Waals surface area contributed by atoms with E-state index in [0.717, 1.165) is 39.5 Å². The van der Waals surface area contributed by atoms with Crippen LogP contribution in [0.5, 0.6) is 0 Å². The number of amides is 1. The van der Waals surface area contributed by atoms with E-state index in [9.17, 15) is 4.79 Å². The van der Waals surface area contributed by atoms with Crippen molar-refractivity contribution in [3.05, 3.63) is 40.5 Å². The van der Waals surface area contributed by atoms with Crippen LogP contribution in [0.3, 0.4) is 0 Å². The third-order valence-electron chi connectivity index (χ3n) is 4.43. The van der Waals surface area contributed by atoms with Crippen LogP contribution in [0, 0.1) is 0 Å². The molecule has 26 heavy (non-hydrogen) atoms. The summed E-state index contributed by atoms with van der Waals surface area (Å²) >= 11 is 3.44. The number of anilines is 2. The van der Waals surface area contributed by atoms with Gasteiger partial charge in [0.2, 0.25) is 5.91 Å². The molecule has 1 aliphatic carbocycles. The molecule has 3 N–H and O–H groups in total.